The Morgan fingerprint density at radius 3 is 2.81 bits per heavy atom. The Bertz CT molecular complexity index is 220. The van der Waals surface area contributed by atoms with Gasteiger partial charge in [-0.2, -0.15) is 0 Å². The molecule has 16 heavy (non-hydrogen) atoms. The van der Waals surface area contributed by atoms with Gasteiger partial charge in [0.15, 0.2) is 0 Å². The first kappa shape index (κ1) is 14.2. The molecule has 1 saturated carbocycles. The van der Waals surface area contributed by atoms with Crippen LogP contribution >= 0.6 is 0 Å². The molecule has 0 aliphatic heterocycles. The van der Waals surface area contributed by atoms with E-state index in [1.54, 1.807) is 0 Å². The average molecular weight is 245 g/mol. The van der Waals surface area contributed by atoms with Crippen LogP contribution in [0.1, 0.15) is 52.4 Å². The summed E-state index contributed by atoms with van der Waals surface area (Å²) in [5.41, 5.74) is 0. The van der Waals surface area contributed by atoms with Gasteiger partial charge in [0.05, 0.1) is 0 Å². The van der Waals surface area contributed by atoms with Crippen molar-refractivity contribution in [3.63, 3.8) is 0 Å². The molecule has 4 unspecified atom stereocenters. The van der Waals surface area contributed by atoms with E-state index in [0.717, 1.165) is 24.5 Å². The highest BCUT2D eigenvalue weighted by Gasteiger charge is 2.23. The highest BCUT2D eigenvalue weighted by Crippen LogP contribution is 2.27. The number of rotatable bonds is 6. The average Bonchev–Trinajstić information content (AvgIpc) is 2.28. The van der Waals surface area contributed by atoms with Crippen LogP contribution in [0.5, 0.6) is 0 Å². The fourth-order valence-electron chi connectivity index (χ4n) is 2.46. The zero-order valence-electron chi connectivity index (χ0n) is 11.0. The van der Waals surface area contributed by atoms with Gasteiger partial charge in [0.2, 0.25) is 0 Å². The second kappa shape index (κ2) is 7.44. The van der Waals surface area contributed by atoms with Crippen molar-refractivity contribution in [2.75, 3.05) is 12.8 Å². The van der Waals surface area contributed by atoms with Crippen LogP contribution in [0.15, 0.2) is 0 Å². The van der Waals surface area contributed by atoms with E-state index in [0.29, 0.717) is 11.3 Å². The van der Waals surface area contributed by atoms with E-state index in [2.05, 4.69) is 19.2 Å². The molecule has 1 aliphatic carbocycles. The van der Waals surface area contributed by atoms with E-state index in [-0.39, 0.29) is 0 Å². The van der Waals surface area contributed by atoms with Crippen molar-refractivity contribution in [3.05, 3.63) is 0 Å². The van der Waals surface area contributed by atoms with Crippen LogP contribution in [-0.2, 0) is 10.8 Å². The highest BCUT2D eigenvalue weighted by molar-refractivity contribution is 7.85. The van der Waals surface area contributed by atoms with Crippen LogP contribution in [0, 0.1) is 5.92 Å². The maximum Gasteiger partial charge on any atom is 0.0350 e. The largest absolute Gasteiger partial charge is 0.317 e. The maximum absolute atomic E-state index is 12.1. The van der Waals surface area contributed by atoms with Crippen LogP contribution in [-0.4, -0.2) is 28.3 Å². The molecule has 0 radical (unpaired) electrons. The summed E-state index contributed by atoms with van der Waals surface area (Å²) in [5.74, 6) is 1.70. The van der Waals surface area contributed by atoms with Gasteiger partial charge in [-0.25, -0.2) is 0 Å². The third-order valence-electron chi connectivity index (χ3n) is 3.74. The molecule has 0 heterocycles. The van der Waals surface area contributed by atoms with Crippen molar-refractivity contribution in [1.82, 2.24) is 5.32 Å². The summed E-state index contributed by atoms with van der Waals surface area (Å²) in [4.78, 5) is 0. The van der Waals surface area contributed by atoms with Crippen LogP contribution < -0.4 is 5.32 Å². The lowest BCUT2D eigenvalue weighted by Gasteiger charge is -2.26. The molecule has 3 heteroatoms. The van der Waals surface area contributed by atoms with Gasteiger partial charge in [0.1, 0.15) is 0 Å². The summed E-state index contributed by atoms with van der Waals surface area (Å²) in [6.45, 7) is 4.48. The van der Waals surface area contributed by atoms with Gasteiger partial charge >= 0.3 is 0 Å². The zero-order chi connectivity index (χ0) is 12.0. The Morgan fingerprint density at radius 2 is 2.19 bits per heavy atom. The number of nitrogens with one attached hydrogen (secondary N) is 1. The molecule has 0 spiro atoms. The Kier molecular flexibility index (Phi) is 6.59. The van der Waals surface area contributed by atoms with Gasteiger partial charge in [0, 0.05) is 27.8 Å². The minimum Gasteiger partial charge on any atom is -0.317 e. The highest BCUT2D eigenvalue weighted by atomic mass is 32.2. The van der Waals surface area contributed by atoms with E-state index >= 15 is 0 Å². The summed E-state index contributed by atoms with van der Waals surface area (Å²) < 4.78 is 12.1. The molecular weight excluding hydrogens is 218 g/mol. The van der Waals surface area contributed by atoms with Gasteiger partial charge < -0.3 is 5.32 Å². The summed E-state index contributed by atoms with van der Waals surface area (Å²) in [7, 11) is 1.42. The number of hydrogen-bond acceptors (Lipinski definition) is 2. The quantitative estimate of drug-likeness (QED) is 0.779. The molecule has 0 bridgehead atoms. The Hall–Kier alpha value is 0.110. The van der Waals surface area contributed by atoms with Crippen LogP contribution in [0.4, 0.5) is 0 Å². The first-order valence-corrected chi connectivity index (χ1v) is 8.06. The first-order chi connectivity index (χ1) is 7.63. The first-order valence-electron chi connectivity index (χ1n) is 6.68. The molecule has 0 aromatic rings. The monoisotopic (exact) mass is 245 g/mol. The molecule has 1 rings (SSSR count). The SMILES string of the molecule is CNC(C)CCCS(=O)C1CCCC(C)C1. The predicted molar refractivity (Wildman–Crippen MR) is 72.2 cm³/mol. The molecule has 1 aliphatic rings. The normalized spacial score (nSPS) is 29.9. The Labute approximate surface area is 103 Å². The Balaban J connectivity index is 2.19. The summed E-state index contributed by atoms with van der Waals surface area (Å²) >= 11 is 0. The Morgan fingerprint density at radius 1 is 1.44 bits per heavy atom. The molecule has 1 fully saturated rings. The molecule has 0 aromatic carbocycles. The molecule has 96 valence electrons. The van der Waals surface area contributed by atoms with Crippen molar-refractivity contribution in [2.24, 2.45) is 5.92 Å². The third kappa shape index (κ3) is 4.96. The van der Waals surface area contributed by atoms with Gasteiger partial charge in [-0.05, 0) is 45.6 Å². The lowest BCUT2D eigenvalue weighted by Crippen LogP contribution is -2.26. The fourth-order valence-corrected chi connectivity index (χ4v) is 4.22. The van der Waals surface area contributed by atoms with Crippen molar-refractivity contribution in [1.29, 1.82) is 0 Å². The van der Waals surface area contributed by atoms with E-state index in [9.17, 15) is 4.21 Å². The topological polar surface area (TPSA) is 29.1 Å². The molecule has 0 saturated heterocycles. The van der Waals surface area contributed by atoms with Crippen LogP contribution in [0.25, 0.3) is 0 Å². The summed E-state index contributed by atoms with van der Waals surface area (Å²) in [5, 5.41) is 3.72. The smallest absolute Gasteiger partial charge is 0.0350 e. The van der Waals surface area contributed by atoms with Gasteiger partial charge in [0.25, 0.3) is 0 Å². The van der Waals surface area contributed by atoms with Gasteiger partial charge in [-0.3, -0.25) is 4.21 Å². The molecule has 4 atom stereocenters. The lowest BCUT2D eigenvalue weighted by molar-refractivity contribution is 0.389. The standard InChI is InChI=1S/C13H27NOS/c1-11-6-4-8-13(10-11)16(15)9-5-7-12(2)14-3/h11-14H,4-10H2,1-3H3. The number of hydrogen-bond donors (Lipinski definition) is 1. The van der Waals surface area contributed by atoms with Crippen LogP contribution in [0.3, 0.4) is 0 Å². The van der Waals surface area contributed by atoms with E-state index in [1.807, 2.05) is 7.05 Å². The van der Waals surface area contributed by atoms with Crippen LogP contribution in [0.2, 0.25) is 0 Å². The van der Waals surface area contributed by atoms with Crippen molar-refractivity contribution >= 4 is 10.8 Å². The van der Waals surface area contributed by atoms with E-state index in [4.69, 9.17) is 0 Å². The molecule has 1 N–H and O–H groups in total. The van der Waals surface area contributed by atoms with E-state index in [1.165, 1.54) is 25.7 Å². The van der Waals surface area contributed by atoms with Crippen molar-refractivity contribution in [3.8, 4) is 0 Å². The maximum atomic E-state index is 12.1. The lowest BCUT2D eigenvalue weighted by atomic mass is 9.91. The minimum absolute atomic E-state index is 0.494. The molecule has 0 aromatic heterocycles. The second-order valence-corrected chi connectivity index (χ2v) is 7.15. The van der Waals surface area contributed by atoms with Gasteiger partial charge in [-0.15, -0.1) is 0 Å². The molecular formula is C13H27NOS. The predicted octanol–water partition coefficient (Wildman–Crippen LogP) is 2.70. The van der Waals surface area contributed by atoms with Crippen molar-refractivity contribution < 1.29 is 4.21 Å². The zero-order valence-corrected chi connectivity index (χ0v) is 11.8. The van der Waals surface area contributed by atoms with Crippen molar-refractivity contribution in [2.45, 2.75) is 63.7 Å². The summed E-state index contributed by atoms with van der Waals surface area (Å²) in [6, 6.07) is 0.558. The second-order valence-electron chi connectivity index (χ2n) is 5.31. The van der Waals surface area contributed by atoms with Gasteiger partial charge in [-0.1, -0.05) is 19.8 Å². The van der Waals surface area contributed by atoms with E-state index < -0.39 is 10.8 Å². The fraction of sp³-hybridized carbons (Fsp3) is 1.00. The molecule has 0 amide bonds. The molecule has 2 nitrogen and oxygen atoms in total. The minimum atomic E-state index is -0.573. The summed E-state index contributed by atoms with van der Waals surface area (Å²) in [6.07, 6.45) is 7.24. The third-order valence-corrected chi connectivity index (χ3v) is 5.60.